The zero-order valence-electron chi connectivity index (χ0n) is 9.29. The minimum absolute atomic E-state index is 0.0652. The first-order chi connectivity index (χ1) is 8.58. The van der Waals surface area contributed by atoms with Crippen molar-refractivity contribution < 1.29 is 8.78 Å². The van der Waals surface area contributed by atoms with E-state index in [4.69, 9.17) is 17.3 Å². The minimum Gasteiger partial charge on any atom is -0.398 e. The highest BCUT2D eigenvalue weighted by Gasteiger charge is 2.09. The maximum Gasteiger partial charge on any atom is 0.130 e. The van der Waals surface area contributed by atoms with E-state index in [2.05, 4.69) is 0 Å². The Hall–Kier alpha value is -1.26. The Morgan fingerprint density at radius 1 is 1.11 bits per heavy atom. The molecule has 94 valence electrons. The molecule has 0 saturated heterocycles. The molecule has 0 amide bonds. The van der Waals surface area contributed by atoms with Crippen molar-refractivity contribution in [2.24, 2.45) is 0 Å². The van der Waals surface area contributed by atoms with Crippen LogP contribution in [-0.4, -0.2) is 0 Å². The summed E-state index contributed by atoms with van der Waals surface area (Å²) in [6.07, 6.45) is 0. The molecular weight excluding hydrogens is 276 g/mol. The Balaban J connectivity index is 2.14. The lowest BCUT2D eigenvalue weighted by molar-refractivity contribution is 0.566. The van der Waals surface area contributed by atoms with E-state index in [0.29, 0.717) is 10.7 Å². The number of rotatable bonds is 3. The second kappa shape index (κ2) is 5.59. The maximum atomic E-state index is 13.4. The number of nitrogen functional groups attached to an aromatic ring is 1. The van der Waals surface area contributed by atoms with Crippen LogP contribution in [0, 0.1) is 11.6 Å². The molecule has 0 atom stereocenters. The molecule has 0 fully saturated rings. The fourth-order valence-electron chi connectivity index (χ4n) is 1.42. The Labute approximate surface area is 113 Å². The van der Waals surface area contributed by atoms with Crippen molar-refractivity contribution in [1.29, 1.82) is 0 Å². The molecule has 2 N–H and O–H groups in total. The summed E-state index contributed by atoms with van der Waals surface area (Å²) in [4.78, 5) is 0.817. The zero-order chi connectivity index (χ0) is 13.1. The van der Waals surface area contributed by atoms with Crippen LogP contribution in [0.1, 0.15) is 5.56 Å². The number of nitrogens with two attached hydrogens (primary N) is 1. The average molecular weight is 286 g/mol. The van der Waals surface area contributed by atoms with Gasteiger partial charge in [-0.05, 0) is 30.3 Å². The normalized spacial score (nSPS) is 10.6. The largest absolute Gasteiger partial charge is 0.398 e. The first-order valence-electron chi connectivity index (χ1n) is 5.18. The molecule has 0 saturated carbocycles. The highest BCUT2D eigenvalue weighted by atomic mass is 35.5. The summed E-state index contributed by atoms with van der Waals surface area (Å²) in [7, 11) is 0. The van der Waals surface area contributed by atoms with Crippen LogP contribution in [0.2, 0.25) is 5.02 Å². The SMILES string of the molecule is Nc1ccc(SCc2c(F)cccc2F)cc1Cl. The van der Waals surface area contributed by atoms with Gasteiger partial charge in [-0.15, -0.1) is 11.8 Å². The van der Waals surface area contributed by atoms with Crippen molar-refractivity contribution in [1.82, 2.24) is 0 Å². The molecule has 0 radical (unpaired) electrons. The lowest BCUT2D eigenvalue weighted by Crippen LogP contribution is -1.93. The van der Waals surface area contributed by atoms with Gasteiger partial charge < -0.3 is 5.73 Å². The van der Waals surface area contributed by atoms with E-state index in [0.717, 1.165) is 4.90 Å². The summed E-state index contributed by atoms with van der Waals surface area (Å²) in [5, 5.41) is 0.439. The van der Waals surface area contributed by atoms with Gasteiger partial charge in [0.05, 0.1) is 10.7 Å². The van der Waals surface area contributed by atoms with E-state index < -0.39 is 11.6 Å². The topological polar surface area (TPSA) is 26.0 Å². The third-order valence-corrected chi connectivity index (χ3v) is 3.76. The maximum absolute atomic E-state index is 13.4. The lowest BCUT2D eigenvalue weighted by atomic mass is 10.2. The molecule has 0 heterocycles. The van der Waals surface area contributed by atoms with Gasteiger partial charge in [-0.25, -0.2) is 8.78 Å². The van der Waals surface area contributed by atoms with Gasteiger partial charge in [0.15, 0.2) is 0 Å². The summed E-state index contributed by atoms with van der Waals surface area (Å²) in [6.45, 7) is 0. The van der Waals surface area contributed by atoms with Crippen LogP contribution >= 0.6 is 23.4 Å². The monoisotopic (exact) mass is 285 g/mol. The molecule has 0 bridgehead atoms. The smallest absolute Gasteiger partial charge is 0.130 e. The Kier molecular flexibility index (Phi) is 4.09. The predicted molar refractivity (Wildman–Crippen MR) is 71.8 cm³/mol. The van der Waals surface area contributed by atoms with Gasteiger partial charge >= 0.3 is 0 Å². The number of thioether (sulfide) groups is 1. The van der Waals surface area contributed by atoms with Gasteiger partial charge in [-0.2, -0.15) is 0 Å². The van der Waals surface area contributed by atoms with Gasteiger partial charge in [-0.3, -0.25) is 0 Å². The van der Waals surface area contributed by atoms with E-state index in [1.54, 1.807) is 18.2 Å². The van der Waals surface area contributed by atoms with Crippen molar-refractivity contribution in [2.75, 3.05) is 5.73 Å². The summed E-state index contributed by atoms with van der Waals surface area (Å²) in [5.74, 6) is -0.869. The number of hydrogen-bond donors (Lipinski definition) is 1. The molecule has 0 aromatic heterocycles. The Morgan fingerprint density at radius 3 is 2.39 bits per heavy atom. The number of anilines is 1. The predicted octanol–water partition coefficient (Wildman–Crippen LogP) is 4.49. The number of benzene rings is 2. The first-order valence-corrected chi connectivity index (χ1v) is 6.55. The van der Waals surface area contributed by atoms with Crippen molar-refractivity contribution >= 4 is 29.1 Å². The van der Waals surface area contributed by atoms with Gasteiger partial charge in [0.2, 0.25) is 0 Å². The summed E-state index contributed by atoms with van der Waals surface area (Å²) in [5.41, 5.74) is 6.13. The highest BCUT2D eigenvalue weighted by Crippen LogP contribution is 2.29. The van der Waals surface area contributed by atoms with E-state index >= 15 is 0 Å². The molecule has 0 aliphatic heterocycles. The molecule has 0 aliphatic rings. The molecule has 18 heavy (non-hydrogen) atoms. The summed E-state index contributed by atoms with van der Waals surface area (Å²) >= 11 is 7.18. The first kappa shape index (κ1) is 13.2. The van der Waals surface area contributed by atoms with Crippen molar-refractivity contribution in [2.45, 2.75) is 10.6 Å². The number of hydrogen-bond acceptors (Lipinski definition) is 2. The second-order valence-corrected chi connectivity index (χ2v) is 5.13. The molecule has 2 rings (SSSR count). The number of halogens is 3. The molecule has 2 aromatic carbocycles. The van der Waals surface area contributed by atoms with Crippen LogP contribution in [0.4, 0.5) is 14.5 Å². The summed E-state index contributed by atoms with van der Waals surface area (Å²) < 4.78 is 26.8. The van der Waals surface area contributed by atoms with Crippen LogP contribution in [0.5, 0.6) is 0 Å². The molecule has 0 unspecified atom stereocenters. The zero-order valence-corrected chi connectivity index (χ0v) is 10.9. The fourth-order valence-corrected chi connectivity index (χ4v) is 2.62. The molecule has 2 aromatic rings. The third kappa shape index (κ3) is 2.94. The molecule has 0 aliphatic carbocycles. The summed E-state index contributed by atoms with van der Waals surface area (Å²) in [6, 6.07) is 8.95. The second-order valence-electron chi connectivity index (χ2n) is 3.67. The molecule has 1 nitrogen and oxygen atoms in total. The van der Waals surface area contributed by atoms with Gasteiger partial charge in [0.1, 0.15) is 11.6 Å². The molecular formula is C13H10ClF2NS. The Bertz CT molecular complexity index is 555. The lowest BCUT2D eigenvalue weighted by Gasteiger charge is -2.06. The molecule has 0 spiro atoms. The van der Waals surface area contributed by atoms with Crippen LogP contribution in [0.25, 0.3) is 0 Å². The van der Waals surface area contributed by atoms with Gasteiger partial charge in [-0.1, -0.05) is 17.7 Å². The van der Waals surface area contributed by atoms with Crippen molar-refractivity contribution in [3.8, 4) is 0 Å². The highest BCUT2D eigenvalue weighted by molar-refractivity contribution is 7.98. The van der Waals surface area contributed by atoms with E-state index in [1.807, 2.05) is 0 Å². The van der Waals surface area contributed by atoms with Crippen LogP contribution in [0.15, 0.2) is 41.3 Å². The van der Waals surface area contributed by atoms with Gasteiger partial charge in [0, 0.05) is 16.2 Å². The minimum atomic E-state index is -0.538. The molecule has 5 heteroatoms. The van der Waals surface area contributed by atoms with Crippen molar-refractivity contribution in [3.05, 3.63) is 58.6 Å². The van der Waals surface area contributed by atoms with Gasteiger partial charge in [0.25, 0.3) is 0 Å². The Morgan fingerprint density at radius 2 is 1.78 bits per heavy atom. The van der Waals surface area contributed by atoms with Crippen LogP contribution < -0.4 is 5.73 Å². The fraction of sp³-hybridized carbons (Fsp3) is 0.0769. The van der Waals surface area contributed by atoms with Crippen LogP contribution in [0.3, 0.4) is 0 Å². The third-order valence-electron chi connectivity index (χ3n) is 2.42. The van der Waals surface area contributed by atoms with Crippen molar-refractivity contribution in [3.63, 3.8) is 0 Å². The van der Waals surface area contributed by atoms with E-state index in [1.165, 1.54) is 30.0 Å². The van der Waals surface area contributed by atoms with Crippen LogP contribution in [-0.2, 0) is 5.75 Å². The van der Waals surface area contributed by atoms with E-state index in [-0.39, 0.29) is 11.3 Å². The van der Waals surface area contributed by atoms with E-state index in [9.17, 15) is 8.78 Å². The standard InChI is InChI=1S/C13H10ClF2NS/c14-10-6-8(4-5-13(10)17)18-7-9-11(15)2-1-3-12(9)16/h1-6H,7,17H2. The average Bonchev–Trinajstić information content (AvgIpc) is 2.33. The quantitative estimate of drug-likeness (QED) is 0.664.